The summed E-state index contributed by atoms with van der Waals surface area (Å²) in [5, 5.41) is 3.77. The lowest BCUT2D eigenvalue weighted by molar-refractivity contribution is -0.145. The minimum atomic E-state index is -3.44. The van der Waals surface area contributed by atoms with E-state index in [2.05, 4.69) is 5.16 Å². The number of nitrogens with zero attached hydrogens (tertiary/aromatic N) is 2. The van der Waals surface area contributed by atoms with Gasteiger partial charge in [0.25, 0.3) is 0 Å². The van der Waals surface area contributed by atoms with Gasteiger partial charge in [0.05, 0.1) is 4.90 Å². The number of rotatable bonds is 7. The van der Waals surface area contributed by atoms with Crippen molar-refractivity contribution in [2.24, 2.45) is 0 Å². The first-order valence-electron chi connectivity index (χ1n) is 9.62. The number of aryl methyl sites for hydroxylation is 2. The molecule has 1 aliphatic heterocycles. The summed E-state index contributed by atoms with van der Waals surface area (Å²) in [6.45, 7) is 3.03. The molecule has 0 amide bonds. The number of benzene rings is 1. The van der Waals surface area contributed by atoms with Crippen LogP contribution in [0, 0.1) is 6.92 Å². The topological polar surface area (TPSA) is 89.7 Å². The first-order chi connectivity index (χ1) is 13.4. The number of esters is 1. The normalized spacial score (nSPS) is 15.9. The highest BCUT2D eigenvalue weighted by molar-refractivity contribution is 7.89. The number of aromatic nitrogens is 1. The first-order valence-corrected chi connectivity index (χ1v) is 11.1. The summed E-state index contributed by atoms with van der Waals surface area (Å²) in [5.74, 6) is 0.336. The van der Waals surface area contributed by atoms with Gasteiger partial charge in [-0.2, -0.15) is 4.31 Å². The second-order valence-corrected chi connectivity index (χ2v) is 8.99. The largest absolute Gasteiger partial charge is 0.459 e. The van der Waals surface area contributed by atoms with Crippen molar-refractivity contribution in [2.45, 2.75) is 57.0 Å². The highest BCUT2D eigenvalue weighted by Gasteiger charge is 2.24. The summed E-state index contributed by atoms with van der Waals surface area (Å²) in [6, 6.07) is 8.49. The number of carbonyl (C=O) groups is 1. The smallest absolute Gasteiger partial charge is 0.306 e. The van der Waals surface area contributed by atoms with Crippen LogP contribution in [0.3, 0.4) is 0 Å². The Bertz CT molecular complexity index is 882. The minimum Gasteiger partial charge on any atom is -0.459 e. The van der Waals surface area contributed by atoms with Gasteiger partial charge in [-0.3, -0.25) is 4.79 Å². The molecule has 0 spiro atoms. The maximum atomic E-state index is 12.8. The van der Waals surface area contributed by atoms with E-state index in [1.165, 1.54) is 0 Å². The van der Waals surface area contributed by atoms with Crippen LogP contribution in [0.15, 0.2) is 39.8 Å². The third kappa shape index (κ3) is 5.42. The van der Waals surface area contributed by atoms with Crippen LogP contribution in [-0.2, 0) is 32.6 Å². The fourth-order valence-corrected chi connectivity index (χ4v) is 4.74. The Kier molecular flexibility index (Phi) is 6.85. The third-order valence-electron chi connectivity index (χ3n) is 4.80. The van der Waals surface area contributed by atoms with Crippen LogP contribution >= 0.6 is 0 Å². The number of hydrogen-bond acceptors (Lipinski definition) is 6. The van der Waals surface area contributed by atoms with Crippen molar-refractivity contribution in [2.75, 3.05) is 13.1 Å². The fourth-order valence-electron chi connectivity index (χ4n) is 3.22. The molecule has 0 N–H and O–H groups in total. The number of carbonyl (C=O) groups excluding carboxylic acids is 1. The molecule has 0 bridgehead atoms. The zero-order valence-electron chi connectivity index (χ0n) is 16.1. The Morgan fingerprint density at radius 2 is 1.82 bits per heavy atom. The third-order valence-corrected chi connectivity index (χ3v) is 6.71. The van der Waals surface area contributed by atoms with Crippen LogP contribution in [0.25, 0.3) is 0 Å². The zero-order chi connectivity index (χ0) is 20.0. The Morgan fingerprint density at radius 3 is 2.43 bits per heavy atom. The van der Waals surface area contributed by atoms with Crippen LogP contribution in [0.5, 0.6) is 0 Å². The van der Waals surface area contributed by atoms with E-state index >= 15 is 0 Å². The van der Waals surface area contributed by atoms with Crippen molar-refractivity contribution in [1.29, 1.82) is 0 Å². The molecule has 1 aromatic carbocycles. The highest BCUT2D eigenvalue weighted by atomic mass is 32.2. The molecule has 3 rings (SSSR count). The van der Waals surface area contributed by atoms with Gasteiger partial charge in [-0.05, 0) is 43.9 Å². The van der Waals surface area contributed by atoms with Crippen molar-refractivity contribution in [3.8, 4) is 0 Å². The molecule has 152 valence electrons. The van der Waals surface area contributed by atoms with E-state index < -0.39 is 10.0 Å². The Morgan fingerprint density at radius 1 is 1.14 bits per heavy atom. The molecular formula is C20H26N2O5S. The van der Waals surface area contributed by atoms with Gasteiger partial charge in [0.15, 0.2) is 0 Å². The van der Waals surface area contributed by atoms with Crippen LogP contribution in [-0.4, -0.2) is 36.9 Å². The Balaban J connectivity index is 1.51. The van der Waals surface area contributed by atoms with Crippen molar-refractivity contribution in [3.63, 3.8) is 0 Å². The molecule has 1 aromatic heterocycles. The number of hydrogen-bond donors (Lipinski definition) is 0. The van der Waals surface area contributed by atoms with E-state index in [9.17, 15) is 13.2 Å². The summed E-state index contributed by atoms with van der Waals surface area (Å²) in [7, 11) is -3.44. The quantitative estimate of drug-likeness (QED) is 0.656. The summed E-state index contributed by atoms with van der Waals surface area (Å²) in [5.41, 5.74) is 1.47. The lowest BCUT2D eigenvalue weighted by atomic mass is 10.1. The maximum absolute atomic E-state index is 12.8. The van der Waals surface area contributed by atoms with Gasteiger partial charge >= 0.3 is 5.97 Å². The average molecular weight is 407 g/mol. The van der Waals surface area contributed by atoms with Crippen molar-refractivity contribution in [3.05, 3.63) is 47.3 Å². The molecule has 8 heteroatoms. The maximum Gasteiger partial charge on any atom is 0.306 e. The van der Waals surface area contributed by atoms with Crippen molar-refractivity contribution in [1.82, 2.24) is 9.46 Å². The molecule has 1 aliphatic rings. The molecule has 2 heterocycles. The second kappa shape index (κ2) is 9.34. The zero-order valence-corrected chi connectivity index (χ0v) is 16.9. The number of sulfonamides is 1. The summed E-state index contributed by atoms with van der Waals surface area (Å²) in [4.78, 5) is 12.2. The van der Waals surface area contributed by atoms with E-state index in [0.29, 0.717) is 35.9 Å². The van der Waals surface area contributed by atoms with Gasteiger partial charge in [0, 0.05) is 25.6 Å². The van der Waals surface area contributed by atoms with Crippen molar-refractivity contribution < 1.29 is 22.5 Å². The van der Waals surface area contributed by atoms with Gasteiger partial charge in [-0.15, -0.1) is 0 Å². The minimum absolute atomic E-state index is 0.0865. The molecule has 1 saturated heterocycles. The predicted molar refractivity (Wildman–Crippen MR) is 103 cm³/mol. The van der Waals surface area contributed by atoms with Crippen LogP contribution in [0.4, 0.5) is 0 Å². The standard InChI is InChI=1S/C20H26N2O5S/c1-16-14-18(21-27-16)15-26-20(23)11-8-17-6-9-19(10-7-17)28(24,25)22-12-4-2-3-5-13-22/h6-7,9-10,14H,2-5,8,11-13,15H2,1H3. The van der Waals surface area contributed by atoms with Gasteiger partial charge in [0.1, 0.15) is 18.1 Å². The SMILES string of the molecule is Cc1cc(COC(=O)CCc2ccc(S(=O)(=O)N3CCCCCC3)cc2)no1. The molecule has 28 heavy (non-hydrogen) atoms. The van der Waals surface area contributed by atoms with Gasteiger partial charge < -0.3 is 9.26 Å². The van der Waals surface area contributed by atoms with Crippen LogP contribution < -0.4 is 0 Å². The summed E-state index contributed by atoms with van der Waals surface area (Å²) in [6.07, 6.45) is 4.69. The summed E-state index contributed by atoms with van der Waals surface area (Å²) < 4.78 is 37.2. The molecule has 0 saturated carbocycles. The fraction of sp³-hybridized carbons (Fsp3) is 0.500. The molecule has 1 fully saturated rings. The molecule has 0 aliphatic carbocycles. The van der Waals surface area contributed by atoms with Gasteiger partial charge in [-0.25, -0.2) is 8.42 Å². The van der Waals surface area contributed by atoms with E-state index in [1.807, 2.05) is 0 Å². The van der Waals surface area contributed by atoms with Crippen molar-refractivity contribution >= 4 is 16.0 Å². The Hall–Kier alpha value is -2.19. The molecule has 0 atom stereocenters. The molecule has 0 radical (unpaired) electrons. The first kappa shape index (κ1) is 20.5. The summed E-state index contributed by atoms with van der Waals surface area (Å²) >= 11 is 0. The molecule has 2 aromatic rings. The van der Waals surface area contributed by atoms with Gasteiger partial charge in [-0.1, -0.05) is 30.1 Å². The molecular weight excluding hydrogens is 380 g/mol. The lowest BCUT2D eigenvalue weighted by Crippen LogP contribution is -2.31. The van der Waals surface area contributed by atoms with Crippen LogP contribution in [0.1, 0.15) is 49.1 Å². The van der Waals surface area contributed by atoms with E-state index in [1.54, 1.807) is 41.6 Å². The number of ether oxygens (including phenoxy) is 1. The highest BCUT2D eigenvalue weighted by Crippen LogP contribution is 2.21. The van der Waals surface area contributed by atoms with Gasteiger partial charge in [0.2, 0.25) is 10.0 Å². The van der Waals surface area contributed by atoms with E-state index in [4.69, 9.17) is 9.26 Å². The average Bonchev–Trinajstić information content (AvgIpc) is 2.93. The Labute approximate surface area is 165 Å². The molecule has 0 unspecified atom stereocenters. The second-order valence-electron chi connectivity index (χ2n) is 7.05. The lowest BCUT2D eigenvalue weighted by Gasteiger charge is -2.20. The van der Waals surface area contributed by atoms with E-state index in [-0.39, 0.29) is 19.0 Å². The predicted octanol–water partition coefficient (Wildman–Crippen LogP) is 3.22. The molecule has 7 nitrogen and oxygen atoms in total. The van der Waals surface area contributed by atoms with Crippen LogP contribution in [0.2, 0.25) is 0 Å². The monoisotopic (exact) mass is 406 g/mol. The van der Waals surface area contributed by atoms with E-state index in [0.717, 1.165) is 31.2 Å².